The zero-order valence-corrected chi connectivity index (χ0v) is 15.2. The molecular weight excluding hydrogens is 338 g/mol. The number of aryl methyl sites for hydroxylation is 2. The van der Waals surface area contributed by atoms with E-state index in [2.05, 4.69) is 27.9 Å². The Bertz CT molecular complexity index is 1080. The molecule has 0 amide bonds. The van der Waals surface area contributed by atoms with Gasteiger partial charge in [0.1, 0.15) is 5.71 Å². The van der Waals surface area contributed by atoms with Crippen molar-refractivity contribution in [1.29, 1.82) is 0 Å². The molecule has 0 bridgehead atoms. The molecule has 1 N–H and O–H groups in total. The van der Waals surface area contributed by atoms with Gasteiger partial charge in [-0.25, -0.2) is 9.30 Å². The molecule has 0 radical (unpaired) electrons. The van der Waals surface area contributed by atoms with Crippen LogP contribution in [0.25, 0.3) is 11.3 Å². The summed E-state index contributed by atoms with van der Waals surface area (Å²) in [7, 11) is 0. The van der Waals surface area contributed by atoms with Crippen LogP contribution in [0.1, 0.15) is 40.7 Å². The topological polar surface area (TPSA) is 64.5 Å². The molecule has 136 valence electrons. The minimum atomic E-state index is -0.228. The van der Waals surface area contributed by atoms with Gasteiger partial charge in [-0.15, -0.1) is 0 Å². The number of hydrogen-bond acceptors (Lipinski definition) is 3. The summed E-state index contributed by atoms with van der Waals surface area (Å²) in [6.07, 6.45) is 3.27. The standard InChI is InChI=1S/C22H21N3O2/c1-14-24(21-17-8-4-2-6-15(17)10-12-19(21)23-26)20-13-11-16-7-3-5-9-18(16)22(20)25(14)27/h2-9,21,26H,10-13H2,1H3/b23-19-/t21-/m1/s1. The number of aromatic nitrogens is 2. The molecule has 27 heavy (non-hydrogen) atoms. The molecule has 0 fully saturated rings. The van der Waals surface area contributed by atoms with E-state index < -0.39 is 0 Å². The number of benzene rings is 2. The molecule has 2 aromatic carbocycles. The lowest BCUT2D eigenvalue weighted by Gasteiger charge is -2.26. The molecule has 1 heterocycles. The number of nitrogens with zero attached hydrogens (tertiary/aromatic N) is 3. The molecule has 0 unspecified atom stereocenters. The third-order valence-electron chi connectivity index (χ3n) is 6.02. The number of fused-ring (bicyclic) bond motifs is 4. The molecular formula is C22H21N3O2. The average molecular weight is 359 g/mol. The van der Waals surface area contributed by atoms with Crippen LogP contribution in [-0.4, -0.2) is 15.5 Å². The first-order chi connectivity index (χ1) is 13.2. The molecule has 0 saturated heterocycles. The van der Waals surface area contributed by atoms with Crippen molar-refractivity contribution in [1.82, 2.24) is 4.57 Å². The summed E-state index contributed by atoms with van der Waals surface area (Å²) in [4.78, 5) is 0. The van der Waals surface area contributed by atoms with Crippen molar-refractivity contribution >= 4 is 5.71 Å². The predicted octanol–water partition coefficient (Wildman–Crippen LogP) is 3.56. The van der Waals surface area contributed by atoms with Crippen LogP contribution in [0.5, 0.6) is 0 Å². The number of rotatable bonds is 1. The minimum Gasteiger partial charge on any atom is -0.710 e. The van der Waals surface area contributed by atoms with E-state index in [0.29, 0.717) is 18.0 Å². The summed E-state index contributed by atoms with van der Waals surface area (Å²) in [6, 6.07) is 16.2. The lowest BCUT2D eigenvalue weighted by Crippen LogP contribution is -2.34. The summed E-state index contributed by atoms with van der Waals surface area (Å²) >= 11 is 0. The van der Waals surface area contributed by atoms with Crippen LogP contribution >= 0.6 is 0 Å². The van der Waals surface area contributed by atoms with Crippen LogP contribution in [0.4, 0.5) is 0 Å². The Balaban J connectivity index is 1.79. The van der Waals surface area contributed by atoms with Crippen LogP contribution in [0.3, 0.4) is 0 Å². The molecule has 5 rings (SSSR count). The molecule has 0 aliphatic heterocycles. The van der Waals surface area contributed by atoms with Gasteiger partial charge in [0.05, 0.1) is 0 Å². The maximum absolute atomic E-state index is 13.1. The van der Waals surface area contributed by atoms with E-state index in [0.717, 1.165) is 46.5 Å². The van der Waals surface area contributed by atoms with Crippen LogP contribution < -0.4 is 4.73 Å². The Morgan fingerprint density at radius 3 is 2.52 bits per heavy atom. The highest BCUT2D eigenvalue weighted by Crippen LogP contribution is 2.38. The van der Waals surface area contributed by atoms with Gasteiger partial charge >= 0.3 is 0 Å². The molecule has 0 saturated carbocycles. The Morgan fingerprint density at radius 2 is 1.70 bits per heavy atom. The van der Waals surface area contributed by atoms with Gasteiger partial charge in [-0.3, -0.25) is 0 Å². The first-order valence-corrected chi connectivity index (χ1v) is 9.41. The lowest BCUT2D eigenvalue weighted by molar-refractivity contribution is -0.601. The molecule has 0 spiro atoms. The Kier molecular flexibility index (Phi) is 3.57. The fraction of sp³-hybridized carbons (Fsp3) is 0.273. The van der Waals surface area contributed by atoms with Crippen molar-refractivity contribution in [2.45, 2.75) is 38.6 Å². The van der Waals surface area contributed by atoms with E-state index in [-0.39, 0.29) is 6.04 Å². The van der Waals surface area contributed by atoms with Gasteiger partial charge in [-0.1, -0.05) is 53.7 Å². The highest BCUT2D eigenvalue weighted by molar-refractivity contribution is 5.92. The van der Waals surface area contributed by atoms with E-state index in [1.807, 2.05) is 37.3 Å². The van der Waals surface area contributed by atoms with Crippen molar-refractivity contribution in [2.75, 3.05) is 0 Å². The van der Waals surface area contributed by atoms with Crippen LogP contribution in [-0.2, 0) is 19.3 Å². The van der Waals surface area contributed by atoms with Crippen LogP contribution in [0.15, 0.2) is 53.7 Å². The summed E-state index contributed by atoms with van der Waals surface area (Å²) in [5.74, 6) is 0.638. The van der Waals surface area contributed by atoms with E-state index in [9.17, 15) is 10.4 Å². The second kappa shape index (κ2) is 5.98. The zero-order valence-electron chi connectivity index (χ0n) is 15.2. The van der Waals surface area contributed by atoms with E-state index in [1.54, 1.807) is 0 Å². The first-order valence-electron chi connectivity index (χ1n) is 9.41. The van der Waals surface area contributed by atoms with Crippen molar-refractivity contribution in [3.63, 3.8) is 0 Å². The Labute approximate surface area is 157 Å². The van der Waals surface area contributed by atoms with Gasteiger partial charge < -0.3 is 10.4 Å². The van der Waals surface area contributed by atoms with E-state index >= 15 is 0 Å². The number of imidazole rings is 1. The maximum Gasteiger partial charge on any atom is 0.257 e. The highest BCUT2D eigenvalue weighted by Gasteiger charge is 2.39. The SMILES string of the molecule is Cc1n([C@H]2/C(=N\O)CCc3ccccc32)c2c([n+]1[O-])-c1ccccc1CC2. The quantitative estimate of drug-likeness (QED) is 0.312. The maximum atomic E-state index is 13.1. The van der Waals surface area contributed by atoms with Crippen molar-refractivity contribution in [3.8, 4) is 11.3 Å². The molecule has 2 aliphatic carbocycles. The lowest BCUT2D eigenvalue weighted by atomic mass is 9.85. The predicted molar refractivity (Wildman–Crippen MR) is 103 cm³/mol. The normalized spacial score (nSPS) is 19.4. The van der Waals surface area contributed by atoms with Crippen molar-refractivity contribution in [2.24, 2.45) is 5.16 Å². The fourth-order valence-electron chi connectivity index (χ4n) is 4.76. The zero-order chi connectivity index (χ0) is 18.5. The minimum absolute atomic E-state index is 0.228. The van der Waals surface area contributed by atoms with Gasteiger partial charge in [-0.2, -0.15) is 0 Å². The van der Waals surface area contributed by atoms with Gasteiger partial charge in [0.25, 0.3) is 5.82 Å². The monoisotopic (exact) mass is 359 g/mol. The van der Waals surface area contributed by atoms with Crippen LogP contribution in [0.2, 0.25) is 0 Å². The molecule has 5 heteroatoms. The second-order valence-corrected chi connectivity index (χ2v) is 7.36. The van der Waals surface area contributed by atoms with Gasteiger partial charge in [0, 0.05) is 24.5 Å². The van der Waals surface area contributed by atoms with Gasteiger partial charge in [-0.05, 0) is 30.4 Å². The largest absolute Gasteiger partial charge is 0.710 e. The second-order valence-electron chi connectivity index (χ2n) is 7.36. The highest BCUT2D eigenvalue weighted by atomic mass is 16.5. The summed E-state index contributed by atoms with van der Waals surface area (Å²) < 4.78 is 3.16. The number of hydrogen-bond donors (Lipinski definition) is 1. The number of oxime groups is 1. The van der Waals surface area contributed by atoms with Gasteiger partial charge in [0.15, 0.2) is 17.4 Å². The molecule has 3 aromatic rings. The van der Waals surface area contributed by atoms with E-state index in [1.165, 1.54) is 11.1 Å². The molecule has 1 aromatic heterocycles. The molecule has 5 nitrogen and oxygen atoms in total. The van der Waals surface area contributed by atoms with Crippen molar-refractivity contribution < 1.29 is 9.94 Å². The first kappa shape index (κ1) is 16.1. The fourth-order valence-corrected chi connectivity index (χ4v) is 4.76. The van der Waals surface area contributed by atoms with Gasteiger partial charge in [0.2, 0.25) is 0 Å². The molecule has 1 atom stereocenters. The van der Waals surface area contributed by atoms with Crippen LogP contribution in [0, 0.1) is 12.1 Å². The van der Waals surface area contributed by atoms with Crippen molar-refractivity contribution in [3.05, 3.63) is 81.9 Å². The summed E-state index contributed by atoms with van der Waals surface area (Å²) in [5, 5.41) is 26.5. The smallest absolute Gasteiger partial charge is 0.257 e. The molecule has 2 aliphatic rings. The summed E-state index contributed by atoms with van der Waals surface area (Å²) in [6.45, 7) is 1.86. The Morgan fingerprint density at radius 1 is 1.00 bits per heavy atom. The summed E-state index contributed by atoms with van der Waals surface area (Å²) in [5.41, 5.74) is 7.10. The third kappa shape index (κ3) is 2.24. The van der Waals surface area contributed by atoms with E-state index in [4.69, 9.17) is 0 Å². The average Bonchev–Trinajstić information content (AvgIpc) is 2.97. The Hall–Kier alpha value is -3.08. The third-order valence-corrected chi connectivity index (χ3v) is 6.02.